The average Bonchev–Trinajstić information content (AvgIpc) is 2.80. The molecule has 1 fully saturated rings. The fraction of sp³-hybridized carbons (Fsp3) is 0.444. The highest BCUT2D eigenvalue weighted by Gasteiger charge is 2.16. The summed E-state index contributed by atoms with van der Waals surface area (Å²) >= 11 is 12.2. The van der Waals surface area contributed by atoms with Crippen LogP contribution in [0.3, 0.4) is 0 Å². The van der Waals surface area contributed by atoms with Crippen molar-refractivity contribution in [3.8, 4) is 11.3 Å². The Bertz CT molecular complexity index is 615. The smallest absolute Gasteiger partial charge is 0.158 e. The second-order valence-electron chi connectivity index (χ2n) is 6.08. The maximum atomic E-state index is 6.24. The molecule has 4 heteroatoms. The third-order valence-electron chi connectivity index (χ3n) is 4.41. The van der Waals surface area contributed by atoms with Crippen LogP contribution in [0, 0.1) is 0 Å². The highest BCUT2D eigenvalue weighted by atomic mass is 35.5. The molecule has 1 aliphatic rings. The van der Waals surface area contributed by atoms with E-state index >= 15 is 0 Å². The number of hydrogen-bond donors (Lipinski definition) is 1. The molecule has 1 heterocycles. The number of nitrogens with two attached hydrogens (primary N) is 1. The van der Waals surface area contributed by atoms with E-state index in [1.807, 2.05) is 24.3 Å². The molecule has 0 bridgehead atoms. The van der Waals surface area contributed by atoms with Gasteiger partial charge in [0.05, 0.1) is 11.1 Å². The summed E-state index contributed by atoms with van der Waals surface area (Å²) in [7, 11) is 0. The highest BCUT2D eigenvalue weighted by molar-refractivity contribution is 6.36. The summed E-state index contributed by atoms with van der Waals surface area (Å²) in [5, 5.41) is 3.69. The molecule has 0 unspecified atom stereocenters. The molecule has 1 saturated carbocycles. The highest BCUT2D eigenvalue weighted by Crippen LogP contribution is 2.31. The van der Waals surface area contributed by atoms with E-state index in [4.69, 9.17) is 27.6 Å². The Balaban J connectivity index is 1.63. The summed E-state index contributed by atoms with van der Waals surface area (Å²) in [6.45, 7) is 0.899. The minimum Gasteiger partial charge on any atom is -0.455 e. The zero-order valence-electron chi connectivity index (χ0n) is 12.7. The van der Waals surface area contributed by atoms with Gasteiger partial charge in [-0.25, -0.2) is 0 Å². The van der Waals surface area contributed by atoms with Gasteiger partial charge in [-0.15, -0.1) is 0 Å². The first kappa shape index (κ1) is 15.9. The van der Waals surface area contributed by atoms with Gasteiger partial charge in [-0.2, -0.15) is 0 Å². The standard InChI is InChI=1S/C18H21Cl2NO/c19-13-7-9-16(17(20)11-13)18-10-8-15(22-18)12-21-14-5-3-1-2-4-6-14/h7-11,14,21H,1-6,12H2/p+1. The zero-order chi connectivity index (χ0) is 15.4. The lowest BCUT2D eigenvalue weighted by atomic mass is 10.1. The molecular weight excluding hydrogens is 317 g/mol. The Hall–Kier alpha value is -0.960. The summed E-state index contributed by atoms with van der Waals surface area (Å²) in [4.78, 5) is 0. The Kier molecular flexibility index (Phi) is 5.46. The molecule has 118 valence electrons. The van der Waals surface area contributed by atoms with Gasteiger partial charge in [0.1, 0.15) is 12.3 Å². The van der Waals surface area contributed by atoms with Crippen LogP contribution in [0.1, 0.15) is 44.3 Å². The van der Waals surface area contributed by atoms with E-state index in [0.717, 1.165) is 29.7 Å². The monoisotopic (exact) mass is 338 g/mol. The molecule has 0 atom stereocenters. The van der Waals surface area contributed by atoms with Crippen molar-refractivity contribution in [1.29, 1.82) is 0 Å². The molecule has 0 aliphatic heterocycles. The van der Waals surface area contributed by atoms with Crippen molar-refractivity contribution in [2.45, 2.75) is 51.1 Å². The molecule has 22 heavy (non-hydrogen) atoms. The van der Waals surface area contributed by atoms with Crippen LogP contribution in [0.15, 0.2) is 34.7 Å². The first-order valence-corrected chi connectivity index (χ1v) is 8.85. The second-order valence-corrected chi connectivity index (χ2v) is 6.93. The van der Waals surface area contributed by atoms with Crippen molar-refractivity contribution in [3.05, 3.63) is 46.1 Å². The van der Waals surface area contributed by atoms with E-state index < -0.39 is 0 Å². The topological polar surface area (TPSA) is 29.8 Å². The Labute approximate surface area is 141 Å². The van der Waals surface area contributed by atoms with Crippen LogP contribution in [0.4, 0.5) is 0 Å². The van der Waals surface area contributed by atoms with E-state index in [0.29, 0.717) is 10.0 Å². The lowest BCUT2D eigenvalue weighted by Gasteiger charge is -2.11. The average molecular weight is 339 g/mol. The molecule has 1 aromatic heterocycles. The van der Waals surface area contributed by atoms with Gasteiger partial charge in [0.2, 0.25) is 0 Å². The molecular formula is C18H22Cl2NO+. The Morgan fingerprint density at radius 1 is 1.00 bits per heavy atom. The molecule has 2 nitrogen and oxygen atoms in total. The molecule has 0 radical (unpaired) electrons. The third-order valence-corrected chi connectivity index (χ3v) is 4.96. The van der Waals surface area contributed by atoms with Crippen molar-refractivity contribution in [2.24, 2.45) is 0 Å². The Morgan fingerprint density at radius 2 is 1.77 bits per heavy atom. The van der Waals surface area contributed by atoms with Crippen LogP contribution in [-0.4, -0.2) is 6.04 Å². The van der Waals surface area contributed by atoms with Crippen molar-refractivity contribution < 1.29 is 9.73 Å². The second kappa shape index (κ2) is 7.54. The van der Waals surface area contributed by atoms with E-state index in [1.165, 1.54) is 38.5 Å². The first-order valence-electron chi connectivity index (χ1n) is 8.10. The first-order chi connectivity index (χ1) is 10.7. The largest absolute Gasteiger partial charge is 0.455 e. The lowest BCUT2D eigenvalue weighted by molar-refractivity contribution is -0.707. The maximum Gasteiger partial charge on any atom is 0.158 e. The predicted octanol–water partition coefficient (Wildman–Crippen LogP) is 5.04. The van der Waals surface area contributed by atoms with E-state index in [1.54, 1.807) is 6.07 Å². The van der Waals surface area contributed by atoms with Crippen molar-refractivity contribution in [3.63, 3.8) is 0 Å². The molecule has 2 aromatic rings. The van der Waals surface area contributed by atoms with Gasteiger partial charge in [-0.1, -0.05) is 36.0 Å². The van der Waals surface area contributed by atoms with Crippen LogP contribution in [0.2, 0.25) is 10.0 Å². The lowest BCUT2D eigenvalue weighted by Crippen LogP contribution is -2.88. The van der Waals surface area contributed by atoms with E-state index in [9.17, 15) is 0 Å². The molecule has 2 N–H and O–H groups in total. The quantitative estimate of drug-likeness (QED) is 0.777. The van der Waals surface area contributed by atoms with Gasteiger partial charge >= 0.3 is 0 Å². The number of rotatable bonds is 4. The normalized spacial score (nSPS) is 16.6. The SMILES string of the molecule is Clc1ccc(-c2ccc(C[NH2+]C3CCCCCC3)o2)c(Cl)c1. The molecule has 0 saturated heterocycles. The fourth-order valence-electron chi connectivity index (χ4n) is 3.15. The van der Waals surface area contributed by atoms with Crippen molar-refractivity contribution >= 4 is 23.2 Å². The van der Waals surface area contributed by atoms with Gasteiger partial charge in [0.15, 0.2) is 5.76 Å². The summed E-state index contributed by atoms with van der Waals surface area (Å²) in [6, 6.07) is 10.3. The van der Waals surface area contributed by atoms with E-state index in [-0.39, 0.29) is 0 Å². The molecule has 1 aromatic carbocycles. The van der Waals surface area contributed by atoms with Crippen molar-refractivity contribution in [2.75, 3.05) is 0 Å². The fourth-order valence-corrected chi connectivity index (χ4v) is 3.65. The summed E-state index contributed by atoms with van der Waals surface area (Å²) in [6.07, 6.45) is 8.18. The van der Waals surface area contributed by atoms with Gasteiger partial charge in [-0.3, -0.25) is 0 Å². The predicted molar refractivity (Wildman–Crippen MR) is 91.3 cm³/mol. The van der Waals surface area contributed by atoms with Gasteiger partial charge in [-0.05, 0) is 56.0 Å². The minimum absolute atomic E-state index is 0.626. The van der Waals surface area contributed by atoms with Crippen LogP contribution < -0.4 is 5.32 Å². The number of hydrogen-bond acceptors (Lipinski definition) is 1. The number of halogens is 2. The van der Waals surface area contributed by atoms with Gasteiger partial charge < -0.3 is 9.73 Å². The number of furan rings is 1. The zero-order valence-corrected chi connectivity index (χ0v) is 14.2. The molecule has 0 spiro atoms. The third kappa shape index (κ3) is 4.07. The summed E-state index contributed by atoms with van der Waals surface area (Å²) in [5.74, 6) is 1.82. The summed E-state index contributed by atoms with van der Waals surface area (Å²) < 4.78 is 5.95. The van der Waals surface area contributed by atoms with Crippen LogP contribution in [0.25, 0.3) is 11.3 Å². The van der Waals surface area contributed by atoms with Gasteiger partial charge in [0, 0.05) is 10.6 Å². The van der Waals surface area contributed by atoms with E-state index in [2.05, 4.69) is 5.32 Å². The van der Waals surface area contributed by atoms with Crippen molar-refractivity contribution in [1.82, 2.24) is 0 Å². The minimum atomic E-state index is 0.626. The molecule has 1 aliphatic carbocycles. The van der Waals surface area contributed by atoms with Crippen LogP contribution >= 0.6 is 23.2 Å². The molecule has 3 rings (SSSR count). The number of benzene rings is 1. The maximum absolute atomic E-state index is 6.24. The summed E-state index contributed by atoms with van der Waals surface area (Å²) in [5.41, 5.74) is 0.895. The molecule has 0 amide bonds. The van der Waals surface area contributed by atoms with Crippen LogP contribution in [0.5, 0.6) is 0 Å². The number of quaternary nitrogens is 1. The Morgan fingerprint density at radius 3 is 2.50 bits per heavy atom. The van der Waals surface area contributed by atoms with Crippen LogP contribution in [-0.2, 0) is 6.54 Å². The van der Waals surface area contributed by atoms with Gasteiger partial charge in [0.25, 0.3) is 0 Å².